The Balaban J connectivity index is 1.41. The monoisotopic (exact) mass is 501 g/mol. The maximum Gasteiger partial charge on any atom is 0.417 e. The molecule has 0 amide bonds. The van der Waals surface area contributed by atoms with Crippen LogP contribution in [0.2, 0.25) is 5.02 Å². The predicted octanol–water partition coefficient (Wildman–Crippen LogP) is 6.51. The molecular formula is C24H13ClF5N5. The quantitative estimate of drug-likeness (QED) is 0.264. The van der Waals surface area contributed by atoms with Gasteiger partial charge in [0.2, 0.25) is 0 Å². The van der Waals surface area contributed by atoms with Crippen molar-refractivity contribution in [3.8, 4) is 34.0 Å². The number of hydrogen-bond donors (Lipinski definition) is 0. The van der Waals surface area contributed by atoms with Gasteiger partial charge in [-0.25, -0.2) is 18.7 Å². The minimum atomic E-state index is -4.58. The molecule has 2 aliphatic rings. The van der Waals surface area contributed by atoms with Crippen LogP contribution < -0.4 is 0 Å². The van der Waals surface area contributed by atoms with Crippen molar-refractivity contribution < 1.29 is 22.0 Å². The molecular weight excluding hydrogens is 489 g/mol. The molecule has 11 heteroatoms. The number of nitrogens with zero attached hydrogens (tertiary/aromatic N) is 5. The molecule has 0 unspecified atom stereocenters. The molecule has 0 spiro atoms. The first kappa shape index (κ1) is 22.9. The van der Waals surface area contributed by atoms with E-state index in [4.69, 9.17) is 11.6 Å². The minimum absolute atomic E-state index is 0.0190. The SMILES string of the molecule is Fc1cccc(-c2nc3cnn(Cc4ccc(-c5ccc(Cl)cc5C(F)(F)F)nc4)cc-3n2)c1F. The molecule has 3 aromatic rings. The largest absolute Gasteiger partial charge is 0.417 e. The lowest BCUT2D eigenvalue weighted by Crippen LogP contribution is -2.08. The number of halogens is 6. The number of fused-ring (bicyclic) bond motifs is 1. The average molecular weight is 502 g/mol. The van der Waals surface area contributed by atoms with E-state index in [2.05, 4.69) is 20.1 Å². The van der Waals surface area contributed by atoms with Crippen molar-refractivity contribution >= 4 is 11.6 Å². The summed E-state index contributed by atoms with van der Waals surface area (Å²) in [4.78, 5) is 12.7. The van der Waals surface area contributed by atoms with E-state index >= 15 is 0 Å². The van der Waals surface area contributed by atoms with Crippen molar-refractivity contribution in [1.29, 1.82) is 0 Å². The second-order valence-corrected chi connectivity index (χ2v) is 8.07. The summed E-state index contributed by atoms with van der Waals surface area (Å²) < 4.78 is 69.4. The summed E-state index contributed by atoms with van der Waals surface area (Å²) in [5.41, 5.74) is 0.624. The third-order valence-corrected chi connectivity index (χ3v) is 5.47. The van der Waals surface area contributed by atoms with Crippen LogP contribution in [0.3, 0.4) is 0 Å². The van der Waals surface area contributed by atoms with Crippen LogP contribution in [0, 0.1) is 11.6 Å². The standard InChI is InChI=1S/C24H13ClF5N5/c25-14-5-6-15(17(8-14)24(28,29)30)19-7-4-13(9-31-19)11-35-12-21-20(10-32-35)33-23(34-21)16-2-1-3-18(26)22(16)27/h1-10,12H,11H2. The maximum atomic E-state index is 14.1. The highest BCUT2D eigenvalue weighted by atomic mass is 35.5. The van der Waals surface area contributed by atoms with E-state index in [1.165, 1.54) is 47.4 Å². The minimum Gasteiger partial charge on any atom is -0.266 e. The molecule has 2 aliphatic heterocycles. The first-order chi connectivity index (χ1) is 16.7. The molecule has 0 radical (unpaired) electrons. The lowest BCUT2D eigenvalue weighted by atomic mass is 10.0. The van der Waals surface area contributed by atoms with E-state index in [1.807, 2.05) is 0 Å². The third-order valence-electron chi connectivity index (χ3n) is 5.24. The zero-order chi connectivity index (χ0) is 24.7. The highest BCUT2D eigenvalue weighted by molar-refractivity contribution is 6.30. The second kappa shape index (κ2) is 8.70. The van der Waals surface area contributed by atoms with Crippen LogP contribution in [-0.4, -0.2) is 24.7 Å². The Morgan fingerprint density at radius 3 is 2.40 bits per heavy atom. The molecule has 0 aliphatic carbocycles. The van der Waals surface area contributed by atoms with Crippen LogP contribution in [0.25, 0.3) is 34.0 Å². The van der Waals surface area contributed by atoms with Gasteiger partial charge in [-0.05, 0) is 35.9 Å². The van der Waals surface area contributed by atoms with E-state index in [-0.39, 0.29) is 34.2 Å². The topological polar surface area (TPSA) is 56.5 Å². The van der Waals surface area contributed by atoms with Crippen LogP contribution in [-0.2, 0) is 12.7 Å². The Bertz CT molecular complexity index is 1500. The molecule has 5 nitrogen and oxygen atoms in total. The molecule has 0 saturated heterocycles. The molecule has 0 N–H and O–H groups in total. The van der Waals surface area contributed by atoms with Gasteiger partial charge in [-0.15, -0.1) is 0 Å². The smallest absolute Gasteiger partial charge is 0.266 e. The van der Waals surface area contributed by atoms with Crippen molar-refractivity contribution in [2.75, 3.05) is 0 Å². The summed E-state index contributed by atoms with van der Waals surface area (Å²) in [6.07, 6.45) is -0.108. The number of aromatic nitrogens is 5. The summed E-state index contributed by atoms with van der Waals surface area (Å²) in [5, 5.41) is 4.22. The van der Waals surface area contributed by atoms with Gasteiger partial charge in [0.25, 0.3) is 0 Å². The Kier molecular flexibility index (Phi) is 5.68. The third kappa shape index (κ3) is 4.57. The summed E-state index contributed by atoms with van der Waals surface area (Å²) in [6.45, 7) is 0.243. The fourth-order valence-corrected chi connectivity index (χ4v) is 3.76. The first-order valence-corrected chi connectivity index (χ1v) is 10.5. The lowest BCUT2D eigenvalue weighted by Gasteiger charge is -2.13. The number of pyridine rings is 1. The zero-order valence-corrected chi connectivity index (χ0v) is 18.3. The van der Waals surface area contributed by atoms with Gasteiger partial charge in [0.15, 0.2) is 17.5 Å². The van der Waals surface area contributed by atoms with E-state index in [1.54, 1.807) is 12.3 Å². The number of hydrogen-bond acceptors (Lipinski definition) is 4. The molecule has 2 aromatic carbocycles. The molecule has 0 fully saturated rings. The van der Waals surface area contributed by atoms with E-state index < -0.39 is 23.4 Å². The molecule has 3 heterocycles. The first-order valence-electron chi connectivity index (χ1n) is 10.2. The fraction of sp³-hybridized carbons (Fsp3) is 0.0833. The van der Waals surface area contributed by atoms with Crippen LogP contribution >= 0.6 is 11.6 Å². The summed E-state index contributed by atoms with van der Waals surface area (Å²) in [5.74, 6) is -2.00. The van der Waals surface area contributed by atoms with Gasteiger partial charge in [0.1, 0.15) is 11.4 Å². The predicted molar refractivity (Wildman–Crippen MR) is 119 cm³/mol. The van der Waals surface area contributed by atoms with Gasteiger partial charge in [-0.3, -0.25) is 9.67 Å². The Hall–Kier alpha value is -3.92. The van der Waals surface area contributed by atoms with Crippen molar-refractivity contribution in [3.05, 3.63) is 94.9 Å². The van der Waals surface area contributed by atoms with Gasteiger partial charge in [-0.1, -0.05) is 29.8 Å². The normalized spacial score (nSPS) is 11.8. The fourth-order valence-electron chi connectivity index (χ4n) is 3.58. The highest BCUT2D eigenvalue weighted by Gasteiger charge is 2.34. The zero-order valence-electron chi connectivity index (χ0n) is 17.6. The number of rotatable bonds is 4. The van der Waals surface area contributed by atoms with Crippen molar-refractivity contribution in [2.24, 2.45) is 0 Å². The van der Waals surface area contributed by atoms with Gasteiger partial charge in [0.05, 0.1) is 35.8 Å². The Labute approximate surface area is 200 Å². The summed E-state index contributed by atoms with van der Waals surface area (Å²) in [7, 11) is 0. The van der Waals surface area contributed by atoms with Crippen molar-refractivity contribution in [3.63, 3.8) is 0 Å². The molecule has 0 saturated carbocycles. The van der Waals surface area contributed by atoms with E-state index in [9.17, 15) is 22.0 Å². The maximum absolute atomic E-state index is 14.1. The van der Waals surface area contributed by atoms with Crippen LogP contribution in [0.15, 0.2) is 67.1 Å². The van der Waals surface area contributed by atoms with Crippen LogP contribution in [0.4, 0.5) is 22.0 Å². The summed E-state index contributed by atoms with van der Waals surface area (Å²) in [6, 6.07) is 10.4. The van der Waals surface area contributed by atoms with E-state index in [0.717, 1.165) is 12.1 Å². The number of imidazole rings is 1. The highest BCUT2D eigenvalue weighted by Crippen LogP contribution is 2.38. The molecule has 0 bridgehead atoms. The Morgan fingerprint density at radius 1 is 0.857 bits per heavy atom. The lowest BCUT2D eigenvalue weighted by molar-refractivity contribution is -0.137. The number of benzene rings is 2. The van der Waals surface area contributed by atoms with Gasteiger partial charge in [-0.2, -0.15) is 18.3 Å². The van der Waals surface area contributed by atoms with Gasteiger partial charge in [0, 0.05) is 16.8 Å². The van der Waals surface area contributed by atoms with Gasteiger partial charge >= 0.3 is 6.18 Å². The van der Waals surface area contributed by atoms with Crippen LogP contribution in [0.1, 0.15) is 11.1 Å². The number of alkyl halides is 3. The van der Waals surface area contributed by atoms with Crippen molar-refractivity contribution in [2.45, 2.75) is 12.7 Å². The molecule has 35 heavy (non-hydrogen) atoms. The molecule has 5 rings (SSSR count). The summed E-state index contributed by atoms with van der Waals surface area (Å²) >= 11 is 5.74. The van der Waals surface area contributed by atoms with Gasteiger partial charge < -0.3 is 0 Å². The molecule has 176 valence electrons. The second-order valence-electron chi connectivity index (χ2n) is 7.63. The van der Waals surface area contributed by atoms with E-state index in [0.29, 0.717) is 17.0 Å². The average Bonchev–Trinajstić information content (AvgIpc) is 3.24. The van der Waals surface area contributed by atoms with Crippen LogP contribution in [0.5, 0.6) is 0 Å². The molecule has 1 aromatic heterocycles. The Morgan fingerprint density at radius 2 is 1.66 bits per heavy atom. The molecule has 0 atom stereocenters. The van der Waals surface area contributed by atoms with Crippen molar-refractivity contribution in [1.82, 2.24) is 24.7 Å².